The number of methoxy groups -OCH3 is 1. The number of imidazole rings is 1. The summed E-state index contributed by atoms with van der Waals surface area (Å²) in [5.41, 5.74) is 1.93. The zero-order valence-electron chi connectivity index (χ0n) is 18.8. The van der Waals surface area contributed by atoms with Gasteiger partial charge in [0.05, 0.1) is 33.6 Å². The van der Waals surface area contributed by atoms with Gasteiger partial charge in [-0.05, 0) is 88.9 Å². The largest absolute Gasteiger partial charge is 0.469 e. The quantitative estimate of drug-likeness (QED) is 0.331. The number of esters is 1. The molecule has 33 heavy (non-hydrogen) atoms. The molecule has 0 unspecified atom stereocenters. The fraction of sp³-hybridized carbons (Fsp3) is 0.348. The second-order valence-electron chi connectivity index (χ2n) is 8.28. The first kappa shape index (κ1) is 25.0. The number of carbonyl (C=O) groups is 2. The number of nitrogens with zero attached hydrogens (tertiary/aromatic N) is 1. The lowest BCUT2D eigenvalue weighted by Gasteiger charge is -2.19. The maximum absolute atomic E-state index is 11.9. The van der Waals surface area contributed by atoms with E-state index in [1.165, 1.54) is 7.11 Å². The van der Waals surface area contributed by atoms with E-state index in [0.717, 1.165) is 25.5 Å². The number of rotatable bonds is 7. The molecular weight excluding hydrogens is 558 g/mol. The van der Waals surface area contributed by atoms with Crippen molar-refractivity contribution in [3.63, 3.8) is 0 Å². The van der Waals surface area contributed by atoms with Crippen LogP contribution in [0.4, 0.5) is 4.79 Å². The van der Waals surface area contributed by atoms with E-state index in [4.69, 9.17) is 14.2 Å². The molecule has 0 spiro atoms. The summed E-state index contributed by atoms with van der Waals surface area (Å²) in [4.78, 5) is 30.9. The highest BCUT2D eigenvalue weighted by atomic mass is 79.9. The van der Waals surface area contributed by atoms with E-state index in [2.05, 4.69) is 47.1 Å². The van der Waals surface area contributed by atoms with Gasteiger partial charge in [-0.25, -0.2) is 9.78 Å². The Hall–Kier alpha value is -2.59. The molecule has 10 heteroatoms. The maximum Gasteiger partial charge on any atom is 0.408 e. The lowest BCUT2D eigenvalue weighted by atomic mass is 10.1. The number of benzene rings is 2. The molecule has 0 aliphatic heterocycles. The van der Waals surface area contributed by atoms with Crippen LogP contribution in [0, 0.1) is 0 Å². The Morgan fingerprint density at radius 1 is 1.12 bits per heavy atom. The normalized spacial score (nSPS) is 11.3. The molecule has 2 N–H and O–H groups in total. The third kappa shape index (κ3) is 7.20. The van der Waals surface area contributed by atoms with Crippen LogP contribution in [0.1, 0.15) is 38.6 Å². The number of aryl methyl sites for hydroxylation is 1. The van der Waals surface area contributed by atoms with E-state index in [9.17, 15) is 9.59 Å². The first-order valence-corrected chi connectivity index (χ1v) is 11.8. The Morgan fingerprint density at radius 2 is 1.82 bits per heavy atom. The number of hydrogen-bond donors (Lipinski definition) is 2. The van der Waals surface area contributed by atoms with Gasteiger partial charge in [0.1, 0.15) is 17.2 Å². The molecule has 8 nitrogen and oxygen atoms in total. The smallest absolute Gasteiger partial charge is 0.408 e. The zero-order chi connectivity index (χ0) is 24.2. The molecule has 3 rings (SSSR count). The highest BCUT2D eigenvalue weighted by Crippen LogP contribution is 2.38. The fourth-order valence-corrected chi connectivity index (χ4v) is 4.42. The van der Waals surface area contributed by atoms with E-state index in [1.54, 1.807) is 0 Å². The minimum Gasteiger partial charge on any atom is -0.469 e. The SMILES string of the molecule is COC(=O)CCc1cc(Br)c(Oc2ccc3nc(CNC(=O)OC(C)(C)C)[nH]c3c2)c(Br)c1. The van der Waals surface area contributed by atoms with E-state index in [1.807, 2.05) is 51.1 Å². The van der Waals surface area contributed by atoms with Crippen molar-refractivity contribution in [2.75, 3.05) is 7.11 Å². The van der Waals surface area contributed by atoms with Crippen LogP contribution in [0.2, 0.25) is 0 Å². The topological polar surface area (TPSA) is 103 Å². The third-order valence-electron chi connectivity index (χ3n) is 4.42. The molecule has 0 bridgehead atoms. The Kier molecular flexibility index (Phi) is 8.01. The Labute approximate surface area is 208 Å². The third-order valence-corrected chi connectivity index (χ3v) is 5.60. The molecule has 0 aliphatic carbocycles. The van der Waals surface area contributed by atoms with Gasteiger partial charge in [-0.2, -0.15) is 0 Å². The molecular formula is C23H25Br2N3O5. The van der Waals surface area contributed by atoms with Gasteiger partial charge in [-0.1, -0.05) is 0 Å². The van der Waals surface area contributed by atoms with Gasteiger partial charge >= 0.3 is 12.1 Å². The van der Waals surface area contributed by atoms with E-state index < -0.39 is 11.7 Å². The van der Waals surface area contributed by atoms with E-state index in [-0.39, 0.29) is 12.5 Å². The Balaban J connectivity index is 1.70. The molecule has 0 radical (unpaired) electrons. The van der Waals surface area contributed by atoms with Crippen LogP contribution in [-0.2, 0) is 27.2 Å². The van der Waals surface area contributed by atoms with Crippen LogP contribution in [0.5, 0.6) is 11.5 Å². The van der Waals surface area contributed by atoms with Gasteiger partial charge in [0.2, 0.25) is 0 Å². The molecule has 176 valence electrons. The number of alkyl carbamates (subject to hydrolysis) is 1. The highest BCUT2D eigenvalue weighted by Gasteiger charge is 2.17. The van der Waals surface area contributed by atoms with Crippen molar-refractivity contribution in [3.8, 4) is 11.5 Å². The predicted molar refractivity (Wildman–Crippen MR) is 131 cm³/mol. The van der Waals surface area contributed by atoms with Gasteiger partial charge in [0.15, 0.2) is 5.75 Å². The van der Waals surface area contributed by atoms with Crippen molar-refractivity contribution in [1.82, 2.24) is 15.3 Å². The van der Waals surface area contributed by atoms with Gasteiger partial charge in [-0.3, -0.25) is 4.79 Å². The van der Waals surface area contributed by atoms with Gasteiger partial charge in [0.25, 0.3) is 0 Å². The molecule has 0 saturated heterocycles. The summed E-state index contributed by atoms with van der Waals surface area (Å²) in [6, 6.07) is 9.32. The summed E-state index contributed by atoms with van der Waals surface area (Å²) in [7, 11) is 1.38. The number of carbonyl (C=O) groups excluding carboxylic acids is 2. The Morgan fingerprint density at radius 3 is 2.45 bits per heavy atom. The van der Waals surface area contributed by atoms with E-state index >= 15 is 0 Å². The van der Waals surface area contributed by atoms with Crippen molar-refractivity contribution in [2.45, 2.75) is 45.8 Å². The molecule has 0 aliphatic rings. The maximum atomic E-state index is 11.9. The molecule has 0 fully saturated rings. The molecule has 1 heterocycles. The molecule has 0 saturated carbocycles. The fourth-order valence-electron chi connectivity index (χ4n) is 2.98. The molecule has 1 aromatic heterocycles. The van der Waals surface area contributed by atoms with Crippen LogP contribution < -0.4 is 10.1 Å². The summed E-state index contributed by atoms with van der Waals surface area (Å²) in [5, 5.41) is 2.68. The molecule has 1 amide bonds. The highest BCUT2D eigenvalue weighted by molar-refractivity contribution is 9.11. The summed E-state index contributed by atoms with van der Waals surface area (Å²) in [6.07, 6.45) is 0.360. The first-order chi connectivity index (χ1) is 15.5. The van der Waals surface area contributed by atoms with Crippen molar-refractivity contribution >= 4 is 55.0 Å². The van der Waals surface area contributed by atoms with Crippen LogP contribution in [-0.4, -0.2) is 34.7 Å². The number of hydrogen-bond acceptors (Lipinski definition) is 6. The standard InChI is InChI=1S/C23H25Br2N3O5/c1-23(2,3)33-22(30)26-12-19-27-17-7-6-14(11-18(17)28-19)32-21-15(24)9-13(10-16(21)25)5-8-20(29)31-4/h6-7,9-11H,5,8,12H2,1-4H3,(H,26,30)(H,27,28). The van der Waals surface area contributed by atoms with Gasteiger partial charge < -0.3 is 24.5 Å². The molecule has 2 aromatic carbocycles. The minimum atomic E-state index is -0.563. The number of nitrogens with one attached hydrogen (secondary N) is 2. The zero-order valence-corrected chi connectivity index (χ0v) is 21.9. The monoisotopic (exact) mass is 581 g/mol. The average Bonchev–Trinajstić information content (AvgIpc) is 3.14. The number of ether oxygens (including phenoxy) is 3. The van der Waals surface area contributed by atoms with Crippen LogP contribution in [0.25, 0.3) is 11.0 Å². The second-order valence-corrected chi connectivity index (χ2v) is 9.99. The van der Waals surface area contributed by atoms with Gasteiger partial charge in [0, 0.05) is 12.5 Å². The minimum absolute atomic E-state index is 0.212. The van der Waals surface area contributed by atoms with Crippen LogP contribution >= 0.6 is 31.9 Å². The van der Waals surface area contributed by atoms with Crippen LogP contribution in [0.3, 0.4) is 0 Å². The number of amides is 1. The second kappa shape index (κ2) is 10.6. The summed E-state index contributed by atoms with van der Waals surface area (Å²) in [6.45, 7) is 5.63. The van der Waals surface area contributed by atoms with Crippen LogP contribution in [0.15, 0.2) is 39.3 Å². The Bertz CT molecular complexity index is 1150. The van der Waals surface area contributed by atoms with E-state index in [0.29, 0.717) is 30.2 Å². The van der Waals surface area contributed by atoms with Crippen molar-refractivity contribution in [2.24, 2.45) is 0 Å². The lowest BCUT2D eigenvalue weighted by Crippen LogP contribution is -2.32. The number of H-pyrrole nitrogens is 1. The number of fused-ring (bicyclic) bond motifs is 1. The average molecular weight is 583 g/mol. The van der Waals surface area contributed by atoms with Crippen molar-refractivity contribution < 1.29 is 23.8 Å². The van der Waals surface area contributed by atoms with Gasteiger partial charge in [-0.15, -0.1) is 0 Å². The summed E-state index contributed by atoms with van der Waals surface area (Å²) in [5.74, 6) is 1.57. The molecule has 0 atom stereocenters. The number of halogens is 2. The number of aromatic nitrogens is 2. The predicted octanol–water partition coefficient (Wildman–Crippen LogP) is 6.01. The van der Waals surface area contributed by atoms with Crippen molar-refractivity contribution in [3.05, 3.63) is 50.7 Å². The first-order valence-electron chi connectivity index (χ1n) is 10.2. The molecule has 3 aromatic rings. The summed E-state index contributed by atoms with van der Waals surface area (Å²) >= 11 is 7.09. The van der Waals surface area contributed by atoms with Crippen molar-refractivity contribution in [1.29, 1.82) is 0 Å². The number of aromatic amines is 1. The summed E-state index contributed by atoms with van der Waals surface area (Å²) < 4.78 is 17.5. The lowest BCUT2D eigenvalue weighted by molar-refractivity contribution is -0.140.